The molecule has 0 saturated heterocycles. The molecule has 0 spiro atoms. The van der Waals surface area contributed by atoms with Crippen LogP contribution in [0.4, 0.5) is 0 Å². The van der Waals surface area contributed by atoms with E-state index in [9.17, 15) is 0 Å². The minimum absolute atomic E-state index is 0.363. The molecule has 0 radical (unpaired) electrons. The van der Waals surface area contributed by atoms with Crippen LogP contribution in [0.5, 0.6) is 0 Å². The highest BCUT2D eigenvalue weighted by Crippen LogP contribution is 2.52. The highest BCUT2D eigenvalue weighted by molar-refractivity contribution is 7.26. The fraction of sp³-hybridized carbons (Fsp3) is 0.0380. The van der Waals surface area contributed by atoms with Gasteiger partial charge in [0.25, 0.3) is 0 Å². The number of aromatic nitrogens is 6. The monoisotopic (exact) mass is 1170 g/mol. The van der Waals surface area contributed by atoms with Gasteiger partial charge in [0.1, 0.15) is 5.82 Å². The third kappa shape index (κ3) is 6.86. The molecule has 20 rings (SSSR count). The van der Waals surface area contributed by atoms with Crippen LogP contribution in [-0.2, 0) is 5.41 Å². The van der Waals surface area contributed by atoms with E-state index in [2.05, 4.69) is 266 Å². The molecule has 0 atom stereocenters. The summed E-state index contributed by atoms with van der Waals surface area (Å²) in [7, 11) is 0. The molecule has 1 aliphatic carbocycles. The van der Waals surface area contributed by atoms with Crippen LogP contribution in [0.25, 0.3) is 183 Å². The van der Waals surface area contributed by atoms with Crippen molar-refractivity contribution < 1.29 is 0 Å². The molecule has 1 aliphatic rings. The summed E-state index contributed by atoms with van der Waals surface area (Å²) in [5, 5.41) is 15.6. The maximum Gasteiger partial charge on any atom is 0.162 e. The molecule has 88 heavy (non-hydrogen) atoms. The molecule has 7 aromatic heterocycles. The lowest BCUT2D eigenvalue weighted by Gasteiger charge is -2.24. The standard InChI is InChI=1S/C79H46N6S3/c1-79(2)61-22-10-5-21-55(61)72-71(79)77(82-75(80-72)48-30-33-68-59(37-48)53-19-8-13-25-66(53)86-68)84-62-23-11-6-18-52(62)58-39-50-35-45(27-28-46(50)41-64(58)84)47-29-32-56-70(42-47)88-74-73(56)81-76(49-31-34-69-60(38-49)54-20-9-14-26-67(54)87-69)83-78(74)85-63-24-12-7-17-51(63)57-36-43-15-3-4-16-44(43)40-65(57)85/h3-42H,1-2H3. The maximum absolute atomic E-state index is 5.72. The molecule has 0 saturated carbocycles. The summed E-state index contributed by atoms with van der Waals surface area (Å²) >= 11 is 5.44. The topological polar surface area (TPSA) is 61.4 Å². The van der Waals surface area contributed by atoms with Crippen LogP contribution >= 0.6 is 34.0 Å². The van der Waals surface area contributed by atoms with E-state index in [0.717, 1.165) is 104 Å². The third-order valence-electron chi connectivity index (χ3n) is 18.9. The number of nitrogens with zero attached hydrogens (tertiary/aromatic N) is 6. The Morgan fingerprint density at radius 3 is 1.52 bits per heavy atom. The number of thiophene rings is 3. The van der Waals surface area contributed by atoms with E-state index in [1.54, 1.807) is 11.3 Å². The summed E-state index contributed by atoms with van der Waals surface area (Å²) in [4.78, 5) is 22.5. The first kappa shape index (κ1) is 48.8. The molecule has 0 N–H and O–H groups in total. The summed E-state index contributed by atoms with van der Waals surface area (Å²) in [5.41, 5.74) is 13.9. The highest BCUT2D eigenvalue weighted by atomic mass is 32.1. The summed E-state index contributed by atoms with van der Waals surface area (Å²) in [6.07, 6.45) is 0. The van der Waals surface area contributed by atoms with Crippen molar-refractivity contribution in [2.24, 2.45) is 0 Å². The van der Waals surface area contributed by atoms with Crippen molar-refractivity contribution in [1.29, 1.82) is 0 Å². The normalized spacial score (nSPS) is 13.2. The summed E-state index contributed by atoms with van der Waals surface area (Å²) < 4.78 is 12.1. The first-order valence-corrected chi connectivity index (χ1v) is 32.3. The molecule has 0 fully saturated rings. The molecule has 12 aromatic carbocycles. The molecular formula is C79H46N6S3. The summed E-state index contributed by atoms with van der Waals surface area (Å²) in [5.74, 6) is 3.23. The van der Waals surface area contributed by atoms with Crippen molar-refractivity contribution in [3.8, 4) is 56.8 Å². The Balaban J connectivity index is 0.765. The average molecular weight is 1180 g/mol. The number of para-hydroxylation sites is 2. The van der Waals surface area contributed by atoms with Gasteiger partial charge >= 0.3 is 0 Å². The number of hydrogen-bond donors (Lipinski definition) is 0. The van der Waals surface area contributed by atoms with Crippen molar-refractivity contribution >= 4 is 160 Å². The first-order valence-electron chi connectivity index (χ1n) is 29.8. The van der Waals surface area contributed by atoms with Gasteiger partial charge in [-0.05, 0) is 135 Å². The predicted octanol–water partition coefficient (Wildman–Crippen LogP) is 22.2. The zero-order valence-corrected chi connectivity index (χ0v) is 50.0. The minimum atomic E-state index is -0.363. The van der Waals surface area contributed by atoms with E-state index in [1.807, 2.05) is 22.7 Å². The lowest BCUT2D eigenvalue weighted by atomic mass is 9.82. The van der Waals surface area contributed by atoms with E-state index in [1.165, 1.54) is 83.6 Å². The van der Waals surface area contributed by atoms with Crippen LogP contribution in [0.2, 0.25) is 0 Å². The van der Waals surface area contributed by atoms with E-state index >= 15 is 0 Å². The van der Waals surface area contributed by atoms with Crippen LogP contribution in [0.15, 0.2) is 243 Å². The van der Waals surface area contributed by atoms with Crippen molar-refractivity contribution in [2.45, 2.75) is 19.3 Å². The van der Waals surface area contributed by atoms with Crippen LogP contribution in [0.3, 0.4) is 0 Å². The SMILES string of the molecule is CC1(C)c2ccccc2-c2nc(-c3ccc4sc5ccccc5c4c3)nc(-n3c4ccccc4c4cc5cc(-c6ccc7c(c6)sc6c(-n8c9ccccc9c9cc%10ccccc%10cc98)nc(-c8ccc9sc%10ccccc%10c9c8)nc67)ccc5cc43)c21. The highest BCUT2D eigenvalue weighted by Gasteiger charge is 2.41. The zero-order valence-electron chi connectivity index (χ0n) is 47.5. The van der Waals surface area contributed by atoms with Gasteiger partial charge in [0.15, 0.2) is 17.5 Å². The second-order valence-corrected chi connectivity index (χ2v) is 27.3. The Kier molecular flexibility index (Phi) is 9.89. The van der Waals surface area contributed by atoms with Crippen molar-refractivity contribution in [1.82, 2.24) is 29.1 Å². The van der Waals surface area contributed by atoms with E-state index in [-0.39, 0.29) is 5.41 Å². The van der Waals surface area contributed by atoms with Gasteiger partial charge in [-0.2, -0.15) is 0 Å². The van der Waals surface area contributed by atoms with Crippen molar-refractivity contribution in [2.75, 3.05) is 0 Å². The van der Waals surface area contributed by atoms with Gasteiger partial charge in [-0.3, -0.25) is 9.13 Å². The van der Waals surface area contributed by atoms with E-state index in [0.29, 0.717) is 5.82 Å². The summed E-state index contributed by atoms with van der Waals surface area (Å²) in [6.45, 7) is 4.67. The van der Waals surface area contributed by atoms with E-state index in [4.69, 9.17) is 19.9 Å². The molecule has 410 valence electrons. The molecule has 19 aromatic rings. The largest absolute Gasteiger partial charge is 0.293 e. The minimum Gasteiger partial charge on any atom is -0.293 e. The Bertz CT molecular complexity index is 6310. The molecule has 0 amide bonds. The molecule has 0 aliphatic heterocycles. The number of fused-ring (bicyclic) bond motifs is 20. The molecule has 6 nitrogen and oxygen atoms in total. The predicted molar refractivity (Wildman–Crippen MR) is 374 cm³/mol. The van der Waals surface area contributed by atoms with Gasteiger partial charge in [-0.15, -0.1) is 34.0 Å². The smallest absolute Gasteiger partial charge is 0.162 e. The number of benzene rings is 12. The third-order valence-corrected chi connectivity index (χ3v) is 22.3. The van der Waals surface area contributed by atoms with Gasteiger partial charge in [-0.1, -0.05) is 159 Å². The molecule has 0 bridgehead atoms. The molecule has 7 heterocycles. The first-order chi connectivity index (χ1) is 43.3. The van der Waals surface area contributed by atoms with Crippen LogP contribution in [0.1, 0.15) is 25.0 Å². The quantitative estimate of drug-likeness (QED) is 0.172. The van der Waals surface area contributed by atoms with Crippen molar-refractivity contribution in [3.63, 3.8) is 0 Å². The molecular weight excluding hydrogens is 1130 g/mol. The Morgan fingerprint density at radius 2 is 0.830 bits per heavy atom. The lowest BCUT2D eigenvalue weighted by molar-refractivity contribution is 0.650. The van der Waals surface area contributed by atoms with Crippen LogP contribution in [0, 0.1) is 0 Å². The molecule has 0 unspecified atom stereocenters. The molecule has 9 heteroatoms. The van der Waals surface area contributed by atoms with E-state index < -0.39 is 0 Å². The van der Waals surface area contributed by atoms with Crippen LogP contribution in [-0.4, -0.2) is 29.1 Å². The van der Waals surface area contributed by atoms with Gasteiger partial charge in [0.2, 0.25) is 0 Å². The van der Waals surface area contributed by atoms with Gasteiger partial charge < -0.3 is 0 Å². The Hall–Kier alpha value is -10.4. The van der Waals surface area contributed by atoms with Gasteiger partial charge in [0.05, 0.1) is 38.0 Å². The van der Waals surface area contributed by atoms with Gasteiger partial charge in [0, 0.05) is 99.6 Å². The van der Waals surface area contributed by atoms with Crippen molar-refractivity contribution in [3.05, 3.63) is 254 Å². The second-order valence-electron chi connectivity index (χ2n) is 24.1. The second kappa shape index (κ2) is 17.8. The number of hydrogen-bond acceptors (Lipinski definition) is 7. The fourth-order valence-corrected chi connectivity index (χ4v) is 18.0. The number of rotatable bonds is 5. The van der Waals surface area contributed by atoms with Crippen LogP contribution < -0.4 is 0 Å². The summed E-state index contributed by atoms with van der Waals surface area (Å²) in [6, 6.07) is 89.3. The zero-order chi connectivity index (χ0) is 57.7. The fourth-order valence-electron chi connectivity index (χ4n) is 14.7. The Labute approximate surface area is 515 Å². The lowest BCUT2D eigenvalue weighted by Crippen LogP contribution is -2.19. The maximum atomic E-state index is 5.72. The van der Waals surface area contributed by atoms with Gasteiger partial charge in [-0.25, -0.2) is 19.9 Å². The Morgan fingerprint density at radius 1 is 0.318 bits per heavy atom. The average Bonchev–Trinajstić information content (AvgIpc) is 1.61.